The number of aliphatic imine (C=N–C) groups is 1. The normalized spacial score (nSPS) is 11.3. The Balaban J connectivity index is 2.55. The molecule has 0 saturated carbocycles. The van der Waals surface area contributed by atoms with Crippen LogP contribution >= 0.6 is 0 Å². The van der Waals surface area contributed by atoms with Crippen LogP contribution in [0.25, 0.3) is 0 Å². The average molecular weight is 202 g/mol. The zero-order valence-corrected chi connectivity index (χ0v) is 8.18. The number of hydrogen-bond acceptors (Lipinski definition) is 3. The second kappa shape index (κ2) is 5.34. The molecule has 76 valence electrons. The van der Waals surface area contributed by atoms with E-state index in [4.69, 9.17) is 11.0 Å². The lowest BCUT2D eigenvalue weighted by Gasteiger charge is -1.98. The van der Waals surface area contributed by atoms with Gasteiger partial charge in [0.2, 0.25) is 6.19 Å². The van der Waals surface area contributed by atoms with Gasteiger partial charge in [0.15, 0.2) is 0 Å². The summed E-state index contributed by atoms with van der Waals surface area (Å²) in [4.78, 5) is 3.17. The number of rotatable bonds is 2. The van der Waals surface area contributed by atoms with E-state index in [2.05, 4.69) is 20.8 Å². The van der Waals surface area contributed by atoms with Gasteiger partial charge in [-0.15, -0.1) is 4.99 Å². The van der Waals surface area contributed by atoms with E-state index < -0.39 is 0 Å². The predicted octanol–water partition coefficient (Wildman–Crippen LogP) is 1.57. The molecule has 0 amide bonds. The molecule has 0 heterocycles. The van der Waals surface area contributed by atoms with E-state index >= 15 is 0 Å². The molecule has 0 radical (unpaired) electrons. The molecule has 15 heavy (non-hydrogen) atoms. The predicted molar refractivity (Wildman–Crippen MR) is 56.9 cm³/mol. The fraction of sp³-hybridized carbons (Fsp3) is 0.111. The summed E-state index contributed by atoms with van der Waals surface area (Å²) in [5.41, 5.74) is 9.79. The van der Waals surface area contributed by atoms with Crippen LogP contribution in [0.1, 0.15) is 5.56 Å². The molecule has 1 aromatic rings. The van der Waals surface area contributed by atoms with Crippen LogP contribution in [0.2, 0.25) is 0 Å². The first-order valence-electron chi connectivity index (χ1n) is 4.18. The van der Waals surface area contributed by atoms with Crippen molar-refractivity contribution < 1.29 is 0 Å². The maximum atomic E-state index is 8.14. The van der Waals surface area contributed by atoms with Crippen LogP contribution in [0.3, 0.4) is 0 Å². The summed E-state index contributed by atoms with van der Waals surface area (Å²) in [6, 6.07) is 7.58. The first-order chi connectivity index (χ1) is 7.22. The number of nitriles is 1. The minimum atomic E-state index is -0.183. The van der Waals surface area contributed by atoms with Crippen molar-refractivity contribution in [3.8, 4) is 6.19 Å². The van der Waals surface area contributed by atoms with E-state index in [0.29, 0.717) is 0 Å². The summed E-state index contributed by atoms with van der Waals surface area (Å²) in [5, 5.41) is 15.2. The molecule has 1 aromatic carbocycles. The lowest BCUT2D eigenvalue weighted by atomic mass is 10.2. The molecule has 0 bridgehead atoms. The zero-order valence-electron chi connectivity index (χ0n) is 8.18. The summed E-state index contributed by atoms with van der Waals surface area (Å²) in [6.07, 6.45) is 1.51. The van der Waals surface area contributed by atoms with Crippen LogP contribution < -0.4 is 11.2 Å². The number of nitrogens with one attached hydrogen (secondary N) is 1. The van der Waals surface area contributed by atoms with Gasteiger partial charge >= 0.3 is 0 Å². The zero-order chi connectivity index (χ0) is 11.1. The molecule has 0 aliphatic heterocycles. The molecule has 0 saturated heterocycles. The van der Waals surface area contributed by atoms with E-state index in [9.17, 15) is 0 Å². The minimum absolute atomic E-state index is 0.183. The first-order valence-corrected chi connectivity index (χ1v) is 4.18. The largest absolute Gasteiger partial charge is 0.366 e. The summed E-state index contributed by atoms with van der Waals surface area (Å²) < 4.78 is 0. The van der Waals surface area contributed by atoms with Gasteiger partial charge in [-0.3, -0.25) is 5.43 Å². The van der Waals surface area contributed by atoms with Crippen molar-refractivity contribution in [3.05, 3.63) is 29.8 Å². The highest BCUT2D eigenvalue weighted by atomic mass is 15.4. The van der Waals surface area contributed by atoms with E-state index in [1.807, 2.05) is 31.2 Å². The van der Waals surface area contributed by atoms with Crippen molar-refractivity contribution in [2.45, 2.75) is 6.92 Å². The highest BCUT2D eigenvalue weighted by Crippen LogP contribution is 2.07. The van der Waals surface area contributed by atoms with Gasteiger partial charge in [-0.05, 0) is 19.1 Å². The molecule has 3 N–H and O–H groups in total. The van der Waals surface area contributed by atoms with Gasteiger partial charge in [0.1, 0.15) is 0 Å². The molecular weight excluding hydrogens is 192 g/mol. The third kappa shape index (κ3) is 3.87. The van der Waals surface area contributed by atoms with Crippen molar-refractivity contribution in [3.63, 3.8) is 0 Å². The van der Waals surface area contributed by atoms with Crippen LogP contribution in [-0.4, -0.2) is 5.96 Å². The van der Waals surface area contributed by atoms with Gasteiger partial charge in [0, 0.05) is 0 Å². The Morgan fingerprint density at radius 3 is 2.67 bits per heavy atom. The average Bonchev–Trinajstić information content (AvgIpc) is 2.21. The third-order valence-electron chi connectivity index (χ3n) is 1.55. The highest BCUT2D eigenvalue weighted by Gasteiger charge is 1.89. The summed E-state index contributed by atoms with van der Waals surface area (Å²) >= 11 is 0. The van der Waals surface area contributed by atoms with Crippen LogP contribution in [0.4, 0.5) is 5.69 Å². The third-order valence-corrected chi connectivity index (χ3v) is 1.55. The molecule has 0 unspecified atom stereocenters. The summed E-state index contributed by atoms with van der Waals surface area (Å²) in [6.45, 7) is 1.99. The van der Waals surface area contributed by atoms with Crippen molar-refractivity contribution in [2.24, 2.45) is 21.1 Å². The molecule has 1 rings (SSSR count). The van der Waals surface area contributed by atoms with Crippen LogP contribution in [0, 0.1) is 18.4 Å². The number of nitrogens with zero attached hydrogens (tertiary/aromatic N) is 4. The van der Waals surface area contributed by atoms with Crippen molar-refractivity contribution in [1.29, 1.82) is 5.26 Å². The van der Waals surface area contributed by atoms with Crippen LogP contribution in [0.15, 0.2) is 39.6 Å². The molecule has 6 nitrogen and oxygen atoms in total. The Morgan fingerprint density at radius 1 is 1.40 bits per heavy atom. The second-order valence-corrected chi connectivity index (χ2v) is 2.75. The standard InChI is InChI=1S/C9H10N6/c1-7-2-4-8(5-3-7)13-15-14-9(11)12-6-10/h2-5H,1H3,(H3,11,12,13,14). The van der Waals surface area contributed by atoms with E-state index in [1.165, 1.54) is 6.19 Å². The first kappa shape index (κ1) is 10.7. The topological polar surface area (TPSA) is 98.9 Å². The molecule has 0 aliphatic rings. The minimum Gasteiger partial charge on any atom is -0.366 e. The molecule has 0 aromatic heterocycles. The van der Waals surface area contributed by atoms with Crippen molar-refractivity contribution >= 4 is 11.6 Å². The lowest BCUT2D eigenvalue weighted by molar-refractivity contribution is 1.14. The molecule has 0 fully saturated rings. The van der Waals surface area contributed by atoms with Gasteiger partial charge in [-0.2, -0.15) is 5.26 Å². The quantitative estimate of drug-likeness (QED) is 0.250. The molecule has 0 aliphatic carbocycles. The lowest BCUT2D eigenvalue weighted by Crippen LogP contribution is -2.06. The van der Waals surface area contributed by atoms with Crippen molar-refractivity contribution in [2.75, 3.05) is 5.43 Å². The van der Waals surface area contributed by atoms with E-state index in [1.54, 1.807) is 0 Å². The number of hydrogen-bond donors (Lipinski definition) is 2. The Kier molecular flexibility index (Phi) is 3.79. The Bertz CT molecular complexity index is 411. The molecule has 0 spiro atoms. The van der Waals surface area contributed by atoms with Gasteiger partial charge in [-0.25, -0.2) is 0 Å². The number of nitrogens with two attached hydrogens (primary N) is 1. The van der Waals surface area contributed by atoms with E-state index in [0.717, 1.165) is 11.3 Å². The smallest absolute Gasteiger partial charge is 0.252 e. The number of benzene rings is 1. The number of guanidine groups is 1. The maximum absolute atomic E-state index is 8.14. The second-order valence-electron chi connectivity index (χ2n) is 2.75. The van der Waals surface area contributed by atoms with Crippen molar-refractivity contribution in [1.82, 2.24) is 0 Å². The fourth-order valence-corrected chi connectivity index (χ4v) is 0.836. The molecule has 0 atom stereocenters. The highest BCUT2D eigenvalue weighted by molar-refractivity contribution is 5.79. The fourth-order valence-electron chi connectivity index (χ4n) is 0.836. The number of anilines is 1. The Morgan fingerprint density at radius 2 is 2.07 bits per heavy atom. The van der Waals surface area contributed by atoms with Gasteiger partial charge < -0.3 is 5.73 Å². The Labute approximate surface area is 87.1 Å². The number of aryl methyl sites for hydroxylation is 1. The maximum Gasteiger partial charge on any atom is 0.252 e. The molecule has 6 heteroatoms. The van der Waals surface area contributed by atoms with Crippen LogP contribution in [0.5, 0.6) is 0 Å². The Hall–Kier alpha value is -2.42. The SMILES string of the molecule is Cc1ccc(N/N=N/C(N)=NC#N)cc1. The monoisotopic (exact) mass is 202 g/mol. The van der Waals surface area contributed by atoms with Gasteiger partial charge in [-0.1, -0.05) is 28.0 Å². The van der Waals surface area contributed by atoms with Gasteiger partial charge in [0.25, 0.3) is 5.96 Å². The summed E-state index contributed by atoms with van der Waals surface area (Å²) in [7, 11) is 0. The summed E-state index contributed by atoms with van der Waals surface area (Å²) in [5.74, 6) is -0.183. The molecular formula is C9H10N6. The van der Waals surface area contributed by atoms with Gasteiger partial charge in [0.05, 0.1) is 5.69 Å². The van der Waals surface area contributed by atoms with Crippen LogP contribution in [-0.2, 0) is 0 Å². The van der Waals surface area contributed by atoms with E-state index in [-0.39, 0.29) is 5.96 Å².